The highest BCUT2D eigenvalue weighted by atomic mass is 16.5. The summed E-state index contributed by atoms with van der Waals surface area (Å²) < 4.78 is 5.86. The van der Waals surface area contributed by atoms with Gasteiger partial charge in [0, 0.05) is 26.1 Å². The first-order valence-electron chi connectivity index (χ1n) is 6.56. The van der Waals surface area contributed by atoms with Gasteiger partial charge in [-0.3, -0.25) is 4.79 Å². The van der Waals surface area contributed by atoms with Crippen LogP contribution in [-0.4, -0.2) is 36.6 Å². The third-order valence-corrected chi connectivity index (χ3v) is 3.41. The van der Waals surface area contributed by atoms with E-state index in [0.29, 0.717) is 18.4 Å². The predicted octanol–water partition coefficient (Wildman–Crippen LogP) is 2.45. The van der Waals surface area contributed by atoms with E-state index in [-0.39, 0.29) is 5.91 Å². The van der Waals surface area contributed by atoms with Gasteiger partial charge in [-0.1, -0.05) is 27.2 Å². The Morgan fingerprint density at radius 1 is 1.38 bits per heavy atom. The Morgan fingerprint density at radius 2 is 2.00 bits per heavy atom. The van der Waals surface area contributed by atoms with Gasteiger partial charge in [0.05, 0.1) is 6.10 Å². The van der Waals surface area contributed by atoms with Crippen molar-refractivity contribution in [3.63, 3.8) is 0 Å². The summed E-state index contributed by atoms with van der Waals surface area (Å²) in [6.07, 6.45) is 4.17. The Hall–Kier alpha value is -0.570. The van der Waals surface area contributed by atoms with Crippen molar-refractivity contribution < 1.29 is 9.53 Å². The molecule has 1 unspecified atom stereocenters. The predicted molar refractivity (Wildman–Crippen MR) is 65.3 cm³/mol. The zero-order valence-electron chi connectivity index (χ0n) is 10.9. The van der Waals surface area contributed by atoms with E-state index in [4.69, 9.17) is 4.74 Å². The van der Waals surface area contributed by atoms with Crippen molar-refractivity contribution in [3.8, 4) is 0 Å². The highest BCUT2D eigenvalue weighted by molar-refractivity contribution is 5.75. The molecule has 0 aliphatic carbocycles. The second-order valence-electron chi connectivity index (χ2n) is 4.78. The van der Waals surface area contributed by atoms with Gasteiger partial charge in [0.1, 0.15) is 0 Å². The van der Waals surface area contributed by atoms with Crippen molar-refractivity contribution in [2.75, 3.05) is 19.7 Å². The zero-order valence-corrected chi connectivity index (χ0v) is 10.9. The first-order valence-corrected chi connectivity index (χ1v) is 6.56. The van der Waals surface area contributed by atoms with Crippen LogP contribution in [0.2, 0.25) is 0 Å². The lowest BCUT2D eigenvalue weighted by Gasteiger charge is -2.32. The SMILES string of the molecule is CCC(=O)N1CCC(OCC(C)CC)CC1. The lowest BCUT2D eigenvalue weighted by molar-refractivity contribution is -0.133. The minimum Gasteiger partial charge on any atom is -0.378 e. The standard InChI is InChI=1S/C13H25NO2/c1-4-11(3)10-16-12-6-8-14(9-7-12)13(15)5-2/h11-12H,4-10H2,1-3H3. The molecule has 0 aromatic carbocycles. The molecule has 1 rings (SSSR count). The van der Waals surface area contributed by atoms with Gasteiger partial charge in [0.2, 0.25) is 5.91 Å². The van der Waals surface area contributed by atoms with Crippen LogP contribution in [-0.2, 0) is 9.53 Å². The number of rotatable bonds is 5. The Bertz CT molecular complexity index is 210. The lowest BCUT2D eigenvalue weighted by Crippen LogP contribution is -2.40. The molecule has 16 heavy (non-hydrogen) atoms. The number of amides is 1. The zero-order chi connectivity index (χ0) is 12.0. The molecule has 3 nitrogen and oxygen atoms in total. The summed E-state index contributed by atoms with van der Waals surface area (Å²) >= 11 is 0. The largest absolute Gasteiger partial charge is 0.378 e. The van der Waals surface area contributed by atoms with E-state index >= 15 is 0 Å². The van der Waals surface area contributed by atoms with Gasteiger partial charge in [-0.15, -0.1) is 0 Å². The average Bonchev–Trinajstić information content (AvgIpc) is 2.35. The smallest absolute Gasteiger partial charge is 0.222 e. The van der Waals surface area contributed by atoms with Crippen LogP contribution in [0.3, 0.4) is 0 Å². The van der Waals surface area contributed by atoms with Crippen LogP contribution in [0.5, 0.6) is 0 Å². The highest BCUT2D eigenvalue weighted by Crippen LogP contribution is 2.16. The lowest BCUT2D eigenvalue weighted by atomic mass is 10.1. The molecule has 1 saturated heterocycles. The van der Waals surface area contributed by atoms with Crippen molar-refractivity contribution in [2.24, 2.45) is 5.92 Å². The number of carbonyl (C=O) groups excluding carboxylic acids is 1. The van der Waals surface area contributed by atoms with E-state index in [1.54, 1.807) is 0 Å². The maximum Gasteiger partial charge on any atom is 0.222 e. The quantitative estimate of drug-likeness (QED) is 0.722. The van der Waals surface area contributed by atoms with Crippen LogP contribution in [0.1, 0.15) is 46.5 Å². The van der Waals surface area contributed by atoms with Crippen LogP contribution < -0.4 is 0 Å². The van der Waals surface area contributed by atoms with Gasteiger partial charge < -0.3 is 9.64 Å². The van der Waals surface area contributed by atoms with Gasteiger partial charge in [-0.2, -0.15) is 0 Å². The Balaban J connectivity index is 2.19. The van der Waals surface area contributed by atoms with Crippen molar-refractivity contribution in [2.45, 2.75) is 52.6 Å². The molecule has 0 spiro atoms. The van der Waals surface area contributed by atoms with Gasteiger partial charge in [-0.05, 0) is 18.8 Å². The number of hydrogen-bond acceptors (Lipinski definition) is 2. The van der Waals surface area contributed by atoms with E-state index in [1.807, 2.05) is 11.8 Å². The fraction of sp³-hybridized carbons (Fsp3) is 0.923. The minimum atomic E-state index is 0.278. The molecule has 0 saturated carbocycles. The minimum absolute atomic E-state index is 0.278. The first-order chi connectivity index (χ1) is 7.67. The molecule has 1 fully saturated rings. The van der Waals surface area contributed by atoms with Gasteiger partial charge >= 0.3 is 0 Å². The third-order valence-electron chi connectivity index (χ3n) is 3.41. The average molecular weight is 227 g/mol. The van der Waals surface area contributed by atoms with Gasteiger partial charge in [-0.25, -0.2) is 0 Å². The fourth-order valence-electron chi connectivity index (χ4n) is 1.91. The summed E-state index contributed by atoms with van der Waals surface area (Å²) in [5.41, 5.74) is 0. The summed E-state index contributed by atoms with van der Waals surface area (Å²) in [5.74, 6) is 0.927. The van der Waals surface area contributed by atoms with Crippen molar-refractivity contribution >= 4 is 5.91 Å². The molecule has 0 bridgehead atoms. The van der Waals surface area contributed by atoms with Crippen LogP contribution in [0.15, 0.2) is 0 Å². The van der Waals surface area contributed by atoms with Crippen LogP contribution in [0, 0.1) is 5.92 Å². The summed E-state index contributed by atoms with van der Waals surface area (Å²) in [5, 5.41) is 0. The van der Waals surface area contributed by atoms with Crippen molar-refractivity contribution in [1.29, 1.82) is 0 Å². The molecule has 1 aliphatic heterocycles. The molecule has 0 N–H and O–H groups in total. The summed E-state index contributed by atoms with van der Waals surface area (Å²) in [7, 11) is 0. The maximum atomic E-state index is 11.5. The second kappa shape index (κ2) is 6.89. The van der Waals surface area contributed by atoms with Gasteiger partial charge in [0.25, 0.3) is 0 Å². The molecule has 0 aromatic rings. The number of piperidine rings is 1. The molecule has 1 atom stereocenters. The number of hydrogen-bond donors (Lipinski definition) is 0. The second-order valence-corrected chi connectivity index (χ2v) is 4.78. The van der Waals surface area contributed by atoms with Crippen LogP contribution in [0.25, 0.3) is 0 Å². The molecule has 1 heterocycles. The van der Waals surface area contributed by atoms with Crippen LogP contribution in [0.4, 0.5) is 0 Å². The van der Waals surface area contributed by atoms with E-state index in [9.17, 15) is 4.79 Å². The molecular formula is C13H25NO2. The molecule has 0 aromatic heterocycles. The van der Waals surface area contributed by atoms with E-state index in [2.05, 4.69) is 13.8 Å². The Labute approximate surface area is 99.1 Å². The highest BCUT2D eigenvalue weighted by Gasteiger charge is 2.22. The molecule has 1 amide bonds. The topological polar surface area (TPSA) is 29.5 Å². The fourth-order valence-corrected chi connectivity index (χ4v) is 1.91. The van der Waals surface area contributed by atoms with Crippen LogP contribution >= 0.6 is 0 Å². The first kappa shape index (κ1) is 13.5. The summed E-state index contributed by atoms with van der Waals surface area (Å²) in [6, 6.07) is 0. The monoisotopic (exact) mass is 227 g/mol. The van der Waals surface area contributed by atoms with E-state index < -0.39 is 0 Å². The van der Waals surface area contributed by atoms with E-state index in [0.717, 1.165) is 32.5 Å². The van der Waals surface area contributed by atoms with Crippen molar-refractivity contribution in [1.82, 2.24) is 4.90 Å². The number of nitrogens with zero attached hydrogens (tertiary/aromatic N) is 1. The third kappa shape index (κ3) is 4.12. The Kier molecular flexibility index (Phi) is 5.81. The number of likely N-dealkylation sites (tertiary alicyclic amines) is 1. The van der Waals surface area contributed by atoms with Crippen molar-refractivity contribution in [3.05, 3.63) is 0 Å². The molecular weight excluding hydrogens is 202 g/mol. The summed E-state index contributed by atoms with van der Waals surface area (Å²) in [6.45, 7) is 8.94. The normalized spacial score (nSPS) is 19.8. The molecule has 3 heteroatoms. The maximum absolute atomic E-state index is 11.5. The summed E-state index contributed by atoms with van der Waals surface area (Å²) in [4.78, 5) is 13.4. The molecule has 1 aliphatic rings. The molecule has 94 valence electrons. The Morgan fingerprint density at radius 3 is 2.50 bits per heavy atom. The number of ether oxygens (including phenoxy) is 1. The number of carbonyl (C=O) groups is 1. The van der Waals surface area contributed by atoms with E-state index in [1.165, 1.54) is 6.42 Å². The van der Waals surface area contributed by atoms with Gasteiger partial charge in [0.15, 0.2) is 0 Å². The molecule has 0 radical (unpaired) electrons.